The lowest BCUT2D eigenvalue weighted by molar-refractivity contribution is -0.142. The lowest BCUT2D eigenvalue weighted by Crippen LogP contribution is -2.26. The van der Waals surface area contributed by atoms with E-state index in [1.807, 2.05) is 12.1 Å². The molecule has 7 nitrogen and oxygen atoms in total. The maximum atomic E-state index is 12.7. The first-order chi connectivity index (χ1) is 11.8. The number of carbonyl (C=O) groups is 1. The Balaban J connectivity index is 1.78. The van der Waals surface area contributed by atoms with E-state index in [2.05, 4.69) is 36.2 Å². The summed E-state index contributed by atoms with van der Waals surface area (Å²) in [5.74, 6) is -1.36. The molecule has 0 aliphatic heterocycles. The topological polar surface area (TPSA) is 98.2 Å². The highest BCUT2D eigenvalue weighted by Gasteiger charge is 2.37. The fraction of sp³-hybridized carbons (Fsp3) is 0.143. The minimum Gasteiger partial charge on any atom is -0.382 e. The molecule has 0 spiro atoms. The fourth-order valence-corrected chi connectivity index (χ4v) is 2.59. The maximum absolute atomic E-state index is 12.7. The first-order valence-electron chi connectivity index (χ1n) is 6.86. The van der Waals surface area contributed by atoms with E-state index in [-0.39, 0.29) is 6.54 Å². The van der Waals surface area contributed by atoms with Gasteiger partial charge in [-0.2, -0.15) is 13.2 Å². The van der Waals surface area contributed by atoms with Crippen LogP contribution in [0, 0.1) is 0 Å². The van der Waals surface area contributed by atoms with Crippen LogP contribution >= 0.6 is 15.9 Å². The van der Waals surface area contributed by atoms with Crippen LogP contribution in [-0.2, 0) is 12.7 Å². The number of hydrogen-bond acceptors (Lipinski definition) is 5. The van der Waals surface area contributed by atoms with Crippen LogP contribution in [0.2, 0.25) is 0 Å². The number of pyridine rings is 1. The van der Waals surface area contributed by atoms with Crippen LogP contribution in [0.5, 0.6) is 0 Å². The van der Waals surface area contributed by atoms with Gasteiger partial charge in [0.05, 0.1) is 12.2 Å². The summed E-state index contributed by atoms with van der Waals surface area (Å²) in [6.45, 7) is 0.0558. The molecule has 0 aromatic carbocycles. The predicted octanol–water partition coefficient (Wildman–Crippen LogP) is 2.42. The molecule has 11 heteroatoms. The Hall–Kier alpha value is -2.69. The number of nitrogens with two attached hydrogens (primary N) is 1. The number of nitrogens with one attached hydrogen (secondary N) is 1. The van der Waals surface area contributed by atoms with Crippen molar-refractivity contribution in [2.75, 3.05) is 5.73 Å². The van der Waals surface area contributed by atoms with E-state index in [0.29, 0.717) is 11.3 Å². The first-order valence-corrected chi connectivity index (χ1v) is 7.66. The number of alkyl halides is 3. The van der Waals surface area contributed by atoms with Crippen molar-refractivity contribution < 1.29 is 18.0 Å². The van der Waals surface area contributed by atoms with E-state index in [0.717, 1.165) is 0 Å². The molecule has 0 aliphatic carbocycles. The molecular formula is C14H10BrF3N6O. The largest absolute Gasteiger partial charge is 0.436 e. The van der Waals surface area contributed by atoms with E-state index in [1.165, 1.54) is 0 Å². The Kier molecular flexibility index (Phi) is 4.33. The van der Waals surface area contributed by atoms with Gasteiger partial charge in [0.15, 0.2) is 17.2 Å². The van der Waals surface area contributed by atoms with Gasteiger partial charge in [-0.3, -0.25) is 4.79 Å². The summed E-state index contributed by atoms with van der Waals surface area (Å²) in [4.78, 5) is 23.2. The molecule has 3 N–H and O–H groups in total. The van der Waals surface area contributed by atoms with E-state index in [4.69, 9.17) is 5.73 Å². The Morgan fingerprint density at radius 3 is 2.72 bits per heavy atom. The van der Waals surface area contributed by atoms with Gasteiger partial charge >= 0.3 is 6.18 Å². The molecule has 0 saturated carbocycles. The summed E-state index contributed by atoms with van der Waals surface area (Å²) in [6, 6.07) is 5.44. The molecule has 0 saturated heterocycles. The lowest BCUT2D eigenvalue weighted by atomic mass is 10.3. The van der Waals surface area contributed by atoms with Crippen LogP contribution in [-0.4, -0.2) is 25.3 Å². The number of imidazole rings is 1. The number of nitrogen functional groups attached to an aromatic ring is 1. The van der Waals surface area contributed by atoms with E-state index in [1.54, 1.807) is 22.9 Å². The van der Waals surface area contributed by atoms with E-state index in [9.17, 15) is 18.0 Å². The smallest absolute Gasteiger partial charge is 0.382 e. The minimum absolute atomic E-state index is 0.0558. The number of carbonyl (C=O) groups excluding carboxylic acids is 1. The highest BCUT2D eigenvalue weighted by atomic mass is 79.9. The van der Waals surface area contributed by atoms with Gasteiger partial charge in [0.25, 0.3) is 5.91 Å². The number of fused-ring (bicyclic) bond motifs is 1. The van der Waals surface area contributed by atoms with Crippen LogP contribution in [0.1, 0.15) is 21.9 Å². The molecule has 3 aromatic heterocycles. The van der Waals surface area contributed by atoms with Gasteiger partial charge in [0.2, 0.25) is 0 Å². The van der Waals surface area contributed by atoms with Gasteiger partial charge in [0, 0.05) is 12.4 Å². The molecule has 0 fully saturated rings. The van der Waals surface area contributed by atoms with Crippen molar-refractivity contribution in [2.24, 2.45) is 0 Å². The third-order valence-electron chi connectivity index (χ3n) is 3.21. The summed E-state index contributed by atoms with van der Waals surface area (Å²) in [5, 5.41) is 2.50. The standard InChI is InChI=1S/C14H10BrF3N6O/c15-11-10(14(16,17)18)23-12(19)9(22-11)13(25)20-5-7-6-24-4-2-1-3-8(24)21-7/h1-4,6H,5H2,(H2,19,23)(H,20,25). The second kappa shape index (κ2) is 6.31. The van der Waals surface area contributed by atoms with Crippen molar-refractivity contribution in [3.8, 4) is 0 Å². The summed E-state index contributed by atoms with van der Waals surface area (Å²) in [6.07, 6.45) is -1.22. The molecule has 0 atom stereocenters. The highest BCUT2D eigenvalue weighted by molar-refractivity contribution is 9.10. The third-order valence-corrected chi connectivity index (χ3v) is 3.76. The Labute approximate surface area is 147 Å². The Morgan fingerprint density at radius 2 is 2.04 bits per heavy atom. The second-order valence-corrected chi connectivity index (χ2v) is 5.73. The number of hydrogen-bond donors (Lipinski definition) is 2. The van der Waals surface area contributed by atoms with Crippen LogP contribution in [0.4, 0.5) is 19.0 Å². The Morgan fingerprint density at radius 1 is 1.28 bits per heavy atom. The molecule has 130 valence electrons. The number of anilines is 1. The lowest BCUT2D eigenvalue weighted by Gasteiger charge is -2.11. The van der Waals surface area contributed by atoms with Crippen molar-refractivity contribution in [3.05, 3.63) is 52.3 Å². The summed E-state index contributed by atoms with van der Waals surface area (Å²) in [5.41, 5.74) is 5.02. The van der Waals surface area contributed by atoms with Crippen LogP contribution in [0.25, 0.3) is 5.65 Å². The number of halogens is 4. The van der Waals surface area contributed by atoms with Gasteiger partial charge < -0.3 is 15.5 Å². The molecule has 3 aromatic rings. The zero-order valence-corrected chi connectivity index (χ0v) is 14.0. The van der Waals surface area contributed by atoms with Gasteiger partial charge in [-0.15, -0.1) is 0 Å². The second-order valence-electron chi connectivity index (χ2n) is 4.98. The van der Waals surface area contributed by atoms with Crippen molar-refractivity contribution in [1.82, 2.24) is 24.7 Å². The Bertz CT molecular complexity index is 922. The van der Waals surface area contributed by atoms with Gasteiger partial charge in [0.1, 0.15) is 10.3 Å². The quantitative estimate of drug-likeness (QED) is 0.685. The molecule has 0 unspecified atom stereocenters. The molecule has 3 heterocycles. The van der Waals surface area contributed by atoms with Crippen LogP contribution in [0.15, 0.2) is 35.2 Å². The van der Waals surface area contributed by atoms with Crippen molar-refractivity contribution in [2.45, 2.75) is 12.7 Å². The molecular weight excluding hydrogens is 405 g/mol. The van der Waals surface area contributed by atoms with Crippen molar-refractivity contribution >= 4 is 33.3 Å². The summed E-state index contributed by atoms with van der Waals surface area (Å²) >= 11 is 2.66. The van der Waals surface area contributed by atoms with Crippen LogP contribution < -0.4 is 11.1 Å². The number of amides is 1. The fourth-order valence-electron chi connectivity index (χ4n) is 2.10. The molecule has 25 heavy (non-hydrogen) atoms. The van der Waals surface area contributed by atoms with E-state index >= 15 is 0 Å². The van der Waals surface area contributed by atoms with Crippen LogP contribution in [0.3, 0.4) is 0 Å². The number of aromatic nitrogens is 4. The summed E-state index contributed by atoms with van der Waals surface area (Å²) < 4.78 is 39.4. The molecule has 0 aliphatic rings. The molecule has 3 rings (SSSR count). The number of nitrogens with zero attached hydrogens (tertiary/aromatic N) is 4. The zero-order valence-electron chi connectivity index (χ0n) is 12.4. The molecule has 0 radical (unpaired) electrons. The van der Waals surface area contributed by atoms with Crippen molar-refractivity contribution in [3.63, 3.8) is 0 Å². The van der Waals surface area contributed by atoms with Crippen molar-refractivity contribution in [1.29, 1.82) is 0 Å². The normalized spacial score (nSPS) is 11.7. The maximum Gasteiger partial charge on any atom is 0.436 e. The predicted molar refractivity (Wildman–Crippen MR) is 85.5 cm³/mol. The first kappa shape index (κ1) is 17.1. The minimum atomic E-state index is -4.73. The summed E-state index contributed by atoms with van der Waals surface area (Å²) in [7, 11) is 0. The van der Waals surface area contributed by atoms with Gasteiger partial charge in [-0.05, 0) is 28.1 Å². The molecule has 0 bridgehead atoms. The number of rotatable bonds is 3. The molecule has 1 amide bonds. The SMILES string of the molecule is Nc1nc(C(F)(F)F)c(Br)nc1C(=O)NCc1cn2ccccc2n1. The monoisotopic (exact) mass is 414 g/mol. The van der Waals surface area contributed by atoms with Gasteiger partial charge in [-0.1, -0.05) is 6.07 Å². The average Bonchev–Trinajstić information content (AvgIpc) is 2.96. The zero-order chi connectivity index (χ0) is 18.2. The third kappa shape index (κ3) is 3.55. The highest BCUT2D eigenvalue weighted by Crippen LogP contribution is 2.33. The van der Waals surface area contributed by atoms with E-state index < -0.39 is 33.9 Å². The average molecular weight is 415 g/mol. The van der Waals surface area contributed by atoms with Gasteiger partial charge in [-0.25, -0.2) is 15.0 Å².